The second-order valence-electron chi connectivity index (χ2n) is 6.07. The molecule has 0 saturated heterocycles. The van der Waals surface area contributed by atoms with Crippen LogP contribution in [0, 0.1) is 4.77 Å². The molecule has 3 nitrogen and oxygen atoms in total. The molecule has 0 spiro atoms. The molecule has 1 aliphatic carbocycles. The Morgan fingerprint density at radius 3 is 2.83 bits per heavy atom. The Hall–Kier alpha value is -1.72. The number of rotatable bonds is 3. The van der Waals surface area contributed by atoms with Crippen molar-refractivity contribution < 1.29 is 0 Å². The van der Waals surface area contributed by atoms with Gasteiger partial charge in [0.2, 0.25) is 0 Å². The smallest absolute Gasteiger partial charge is 0.196 e. The summed E-state index contributed by atoms with van der Waals surface area (Å²) < 4.78 is 2.84. The van der Waals surface area contributed by atoms with E-state index < -0.39 is 0 Å². The number of hydrogen-bond donors (Lipinski definition) is 1. The molecule has 0 aliphatic heterocycles. The highest BCUT2D eigenvalue weighted by molar-refractivity contribution is 7.71. The molecule has 1 unspecified atom stereocenters. The minimum Gasteiger partial charge on any atom is -0.293 e. The fourth-order valence-electron chi connectivity index (χ4n) is 3.42. The van der Waals surface area contributed by atoms with E-state index in [9.17, 15) is 0 Å². The number of fused-ring (bicyclic) bond motifs is 1. The zero-order chi connectivity index (χ0) is 15.8. The molecule has 0 fully saturated rings. The van der Waals surface area contributed by atoms with Crippen LogP contribution in [0.5, 0.6) is 0 Å². The van der Waals surface area contributed by atoms with Crippen LogP contribution in [-0.4, -0.2) is 14.8 Å². The van der Waals surface area contributed by atoms with E-state index in [4.69, 9.17) is 12.2 Å². The number of H-pyrrole nitrogens is 1. The van der Waals surface area contributed by atoms with E-state index in [0.717, 1.165) is 12.2 Å². The van der Waals surface area contributed by atoms with Gasteiger partial charge in [-0.25, -0.2) is 0 Å². The van der Waals surface area contributed by atoms with Crippen LogP contribution in [-0.2, 0) is 12.8 Å². The summed E-state index contributed by atoms with van der Waals surface area (Å²) >= 11 is 7.40. The molecule has 2 heterocycles. The average Bonchev–Trinajstić information content (AvgIpc) is 3.18. The quantitative estimate of drug-likeness (QED) is 0.668. The van der Waals surface area contributed by atoms with Gasteiger partial charge in [-0.1, -0.05) is 30.3 Å². The average molecular weight is 342 g/mol. The Morgan fingerprint density at radius 2 is 2.00 bits per heavy atom. The van der Waals surface area contributed by atoms with Crippen LogP contribution in [0.1, 0.15) is 41.8 Å². The number of aromatic amines is 1. The third-order valence-corrected chi connectivity index (χ3v) is 6.05. The summed E-state index contributed by atoms with van der Waals surface area (Å²) in [6.07, 6.45) is 4.95. The van der Waals surface area contributed by atoms with Crippen molar-refractivity contribution in [1.29, 1.82) is 0 Å². The lowest BCUT2D eigenvalue weighted by atomic mass is 9.95. The highest BCUT2D eigenvalue weighted by Crippen LogP contribution is 2.37. The molecular weight excluding hydrogens is 322 g/mol. The zero-order valence-corrected chi connectivity index (χ0v) is 14.7. The normalized spacial score (nSPS) is 15.3. The summed E-state index contributed by atoms with van der Waals surface area (Å²) in [6, 6.07) is 10.6. The summed E-state index contributed by atoms with van der Waals surface area (Å²) in [5, 5.41) is 9.83. The number of aromatic nitrogens is 3. The van der Waals surface area contributed by atoms with E-state index in [2.05, 4.69) is 51.3 Å². The largest absolute Gasteiger partial charge is 0.293 e. The molecule has 0 radical (unpaired) electrons. The van der Waals surface area contributed by atoms with Crippen LogP contribution >= 0.6 is 23.6 Å². The number of thiophene rings is 1. The highest BCUT2D eigenvalue weighted by atomic mass is 32.1. The van der Waals surface area contributed by atoms with Gasteiger partial charge in [0.05, 0.1) is 6.04 Å². The van der Waals surface area contributed by atoms with Gasteiger partial charge in [0.25, 0.3) is 0 Å². The molecule has 3 aromatic rings. The first-order valence-corrected chi connectivity index (χ1v) is 9.36. The molecule has 1 N–H and O–H groups in total. The van der Waals surface area contributed by atoms with Gasteiger partial charge in [-0.15, -0.1) is 11.3 Å². The van der Waals surface area contributed by atoms with Crippen LogP contribution in [0.25, 0.3) is 11.4 Å². The number of aryl methyl sites for hydroxylation is 1. The van der Waals surface area contributed by atoms with E-state index in [1.807, 2.05) is 17.4 Å². The van der Waals surface area contributed by atoms with Crippen molar-refractivity contribution in [2.24, 2.45) is 0 Å². The third-order valence-electron chi connectivity index (χ3n) is 4.68. The molecule has 118 valence electrons. The van der Waals surface area contributed by atoms with Gasteiger partial charge in [-0.2, -0.15) is 5.10 Å². The van der Waals surface area contributed by atoms with Crippen molar-refractivity contribution in [2.75, 3.05) is 0 Å². The molecule has 4 rings (SSSR count). The molecule has 5 heteroatoms. The maximum atomic E-state index is 5.53. The van der Waals surface area contributed by atoms with E-state index in [1.54, 1.807) is 0 Å². The van der Waals surface area contributed by atoms with Crippen molar-refractivity contribution in [3.8, 4) is 11.4 Å². The van der Waals surface area contributed by atoms with Crippen molar-refractivity contribution in [3.05, 3.63) is 56.5 Å². The summed E-state index contributed by atoms with van der Waals surface area (Å²) in [6.45, 7) is 2.18. The Kier molecular flexibility index (Phi) is 3.91. The summed E-state index contributed by atoms with van der Waals surface area (Å²) in [5.41, 5.74) is 3.99. The van der Waals surface area contributed by atoms with E-state index in [-0.39, 0.29) is 6.04 Å². The van der Waals surface area contributed by atoms with Gasteiger partial charge in [0.1, 0.15) is 0 Å². The van der Waals surface area contributed by atoms with Gasteiger partial charge >= 0.3 is 0 Å². The lowest BCUT2D eigenvalue weighted by Crippen LogP contribution is -2.09. The molecule has 1 aromatic carbocycles. The Morgan fingerprint density at radius 1 is 1.22 bits per heavy atom. The maximum Gasteiger partial charge on any atom is 0.196 e. The van der Waals surface area contributed by atoms with Gasteiger partial charge in [0, 0.05) is 15.8 Å². The predicted molar refractivity (Wildman–Crippen MR) is 97.6 cm³/mol. The molecule has 1 atom stereocenters. The van der Waals surface area contributed by atoms with E-state index in [1.165, 1.54) is 40.8 Å². The second kappa shape index (κ2) is 6.06. The lowest BCUT2D eigenvalue weighted by Gasteiger charge is -2.17. The van der Waals surface area contributed by atoms with Crippen molar-refractivity contribution in [2.45, 2.75) is 38.6 Å². The predicted octanol–water partition coefficient (Wildman–Crippen LogP) is 5.16. The molecule has 0 saturated carbocycles. The Labute approximate surface area is 145 Å². The fourth-order valence-corrected chi connectivity index (χ4v) is 4.83. The monoisotopic (exact) mass is 341 g/mol. The number of nitrogens with zero attached hydrogens (tertiary/aromatic N) is 2. The van der Waals surface area contributed by atoms with Gasteiger partial charge in [0.15, 0.2) is 10.6 Å². The minimum atomic E-state index is 0.164. The summed E-state index contributed by atoms with van der Waals surface area (Å²) in [7, 11) is 0. The van der Waals surface area contributed by atoms with Gasteiger partial charge < -0.3 is 0 Å². The number of hydrogen-bond acceptors (Lipinski definition) is 3. The standard InChI is InChI=1S/C18H19N3S2/c1-12(13-7-3-2-4-8-13)21-17(19-20-18(21)22)15-11-23-16-10-6-5-9-14(15)16/h2-4,7-8,11-12H,5-6,9-10H2,1H3,(H,20,22). The number of nitrogens with one attached hydrogen (secondary N) is 1. The maximum absolute atomic E-state index is 5.53. The molecule has 0 amide bonds. The van der Waals surface area contributed by atoms with Gasteiger partial charge in [-0.3, -0.25) is 9.67 Å². The molecule has 0 bridgehead atoms. The van der Waals surface area contributed by atoms with Crippen LogP contribution in [0.2, 0.25) is 0 Å². The zero-order valence-electron chi connectivity index (χ0n) is 13.1. The van der Waals surface area contributed by atoms with Crippen LogP contribution in [0.15, 0.2) is 35.7 Å². The van der Waals surface area contributed by atoms with Crippen molar-refractivity contribution >= 4 is 23.6 Å². The molecule has 2 aromatic heterocycles. The first kappa shape index (κ1) is 14.8. The molecule has 23 heavy (non-hydrogen) atoms. The third kappa shape index (κ3) is 2.58. The first-order chi connectivity index (χ1) is 11.3. The van der Waals surface area contributed by atoms with Crippen LogP contribution in [0.3, 0.4) is 0 Å². The summed E-state index contributed by atoms with van der Waals surface area (Å²) in [5.74, 6) is 0.978. The Bertz CT molecular complexity index is 873. The summed E-state index contributed by atoms with van der Waals surface area (Å²) in [4.78, 5) is 1.53. The number of benzene rings is 1. The fraction of sp³-hybridized carbons (Fsp3) is 0.333. The van der Waals surface area contributed by atoms with Crippen molar-refractivity contribution in [1.82, 2.24) is 14.8 Å². The van der Waals surface area contributed by atoms with Gasteiger partial charge in [-0.05, 0) is 56.0 Å². The Balaban J connectivity index is 1.83. The SMILES string of the molecule is CC(c1ccccc1)n1c(-c2csc3c2CCCC3)n[nH]c1=S. The highest BCUT2D eigenvalue weighted by Gasteiger charge is 2.22. The topological polar surface area (TPSA) is 33.6 Å². The van der Waals surface area contributed by atoms with E-state index >= 15 is 0 Å². The van der Waals surface area contributed by atoms with E-state index in [0.29, 0.717) is 4.77 Å². The van der Waals surface area contributed by atoms with Crippen molar-refractivity contribution in [3.63, 3.8) is 0 Å². The molecular formula is C18H19N3S2. The van der Waals surface area contributed by atoms with Crippen LogP contribution < -0.4 is 0 Å². The minimum absolute atomic E-state index is 0.164. The van der Waals surface area contributed by atoms with Crippen LogP contribution in [0.4, 0.5) is 0 Å². The lowest BCUT2D eigenvalue weighted by molar-refractivity contribution is 0.633. The molecule has 1 aliphatic rings. The first-order valence-electron chi connectivity index (χ1n) is 8.07. The second-order valence-corrected chi connectivity index (χ2v) is 7.42.